The molecule has 0 rings (SSSR count). The van der Waals surface area contributed by atoms with Crippen LogP contribution in [0, 0.1) is 0 Å². The minimum atomic E-state index is 1.17. The molecular weight excluding hydrogens is 98.1 g/mol. The standard InChI is InChI=1S/C4H8.C3H9N/c2*1-4(2)3/h1H2,2-3H3;1-3H3. The summed E-state index contributed by atoms with van der Waals surface area (Å²) in [6.45, 7) is 7.50. The summed E-state index contributed by atoms with van der Waals surface area (Å²) in [4.78, 5) is 2.00. The fourth-order valence-electron chi connectivity index (χ4n) is 0. The number of hydrogen-bond donors (Lipinski definition) is 0. The van der Waals surface area contributed by atoms with E-state index in [1.54, 1.807) is 0 Å². The number of hydrogen-bond acceptors (Lipinski definition) is 1. The molecule has 8 heavy (non-hydrogen) atoms. The van der Waals surface area contributed by atoms with Crippen LogP contribution >= 0.6 is 0 Å². The minimum absolute atomic E-state index is 1.17. The zero-order valence-corrected chi connectivity index (χ0v) is 6.65. The summed E-state index contributed by atoms with van der Waals surface area (Å²) in [7, 11) is 6.00. The normalized spacial score (nSPS) is 7.75. The maximum absolute atomic E-state index is 3.56. The van der Waals surface area contributed by atoms with E-state index in [1.807, 2.05) is 39.9 Å². The SMILES string of the molecule is C=C(C)C.CN(C)C. The molecule has 0 fully saturated rings. The van der Waals surface area contributed by atoms with Crippen molar-refractivity contribution < 1.29 is 0 Å². The van der Waals surface area contributed by atoms with Crippen molar-refractivity contribution in [2.45, 2.75) is 13.8 Å². The van der Waals surface area contributed by atoms with Crippen molar-refractivity contribution in [3.05, 3.63) is 12.2 Å². The molecule has 0 aliphatic rings. The Bertz CT molecular complexity index is 48.7. The van der Waals surface area contributed by atoms with Crippen molar-refractivity contribution in [1.82, 2.24) is 4.90 Å². The van der Waals surface area contributed by atoms with Gasteiger partial charge in [0.1, 0.15) is 0 Å². The van der Waals surface area contributed by atoms with E-state index in [0.29, 0.717) is 0 Å². The molecule has 1 heteroatoms. The van der Waals surface area contributed by atoms with E-state index < -0.39 is 0 Å². The largest absolute Gasteiger partial charge is 0.312 e. The molecule has 0 aliphatic carbocycles. The van der Waals surface area contributed by atoms with Gasteiger partial charge in [-0.05, 0) is 35.0 Å². The van der Waals surface area contributed by atoms with Crippen LogP contribution in [-0.4, -0.2) is 26.0 Å². The smallest absolute Gasteiger partial charge is 0.0140 e. The van der Waals surface area contributed by atoms with Crippen LogP contribution in [0.3, 0.4) is 0 Å². The monoisotopic (exact) mass is 115 g/mol. The molecule has 0 aromatic carbocycles. The van der Waals surface area contributed by atoms with E-state index in [0.717, 1.165) is 0 Å². The van der Waals surface area contributed by atoms with Crippen LogP contribution in [-0.2, 0) is 0 Å². The number of allylic oxidation sites excluding steroid dienone is 1. The predicted octanol–water partition coefficient (Wildman–Crippen LogP) is 1.76. The van der Waals surface area contributed by atoms with Gasteiger partial charge in [-0.2, -0.15) is 0 Å². The quantitative estimate of drug-likeness (QED) is 0.435. The summed E-state index contributed by atoms with van der Waals surface area (Å²) in [5.74, 6) is 0. The lowest BCUT2D eigenvalue weighted by Gasteiger charge is -1.90. The highest BCUT2D eigenvalue weighted by atomic mass is 15.0. The van der Waals surface area contributed by atoms with Gasteiger partial charge in [-0.15, -0.1) is 6.58 Å². The Labute approximate surface area is 53.0 Å². The summed E-state index contributed by atoms with van der Waals surface area (Å²) < 4.78 is 0. The average Bonchev–Trinajstić information content (AvgIpc) is 1.25. The molecule has 0 aromatic rings. The van der Waals surface area contributed by atoms with Crippen LogP contribution in [0.25, 0.3) is 0 Å². The second kappa shape index (κ2) is 6.70. The van der Waals surface area contributed by atoms with E-state index in [4.69, 9.17) is 0 Å². The van der Waals surface area contributed by atoms with Gasteiger partial charge in [0.05, 0.1) is 0 Å². The highest BCUT2D eigenvalue weighted by Crippen LogP contribution is 1.73. The van der Waals surface area contributed by atoms with Gasteiger partial charge in [0.15, 0.2) is 0 Å². The Morgan fingerprint density at radius 2 is 1.12 bits per heavy atom. The summed E-state index contributed by atoms with van der Waals surface area (Å²) in [5, 5.41) is 0. The van der Waals surface area contributed by atoms with Gasteiger partial charge < -0.3 is 4.90 Å². The molecule has 0 radical (unpaired) electrons. The van der Waals surface area contributed by atoms with Gasteiger partial charge in [0, 0.05) is 0 Å². The van der Waals surface area contributed by atoms with Gasteiger partial charge in [0.2, 0.25) is 0 Å². The van der Waals surface area contributed by atoms with Gasteiger partial charge in [-0.25, -0.2) is 0 Å². The molecule has 1 nitrogen and oxygen atoms in total. The molecule has 0 saturated heterocycles. The molecule has 50 valence electrons. The van der Waals surface area contributed by atoms with Gasteiger partial charge in [0.25, 0.3) is 0 Å². The van der Waals surface area contributed by atoms with E-state index in [1.165, 1.54) is 5.57 Å². The summed E-state index contributed by atoms with van der Waals surface area (Å²) >= 11 is 0. The zero-order chi connectivity index (χ0) is 7.15. The fraction of sp³-hybridized carbons (Fsp3) is 0.714. The Hall–Kier alpha value is -0.300. The Balaban J connectivity index is 0. The fourth-order valence-corrected chi connectivity index (χ4v) is 0. The second-order valence-corrected chi connectivity index (χ2v) is 2.55. The van der Waals surface area contributed by atoms with Crippen LogP contribution in [0.15, 0.2) is 12.2 Å². The lowest BCUT2D eigenvalue weighted by atomic mass is 10.4. The van der Waals surface area contributed by atoms with Crippen LogP contribution < -0.4 is 0 Å². The third-order valence-corrected chi connectivity index (χ3v) is 0. The lowest BCUT2D eigenvalue weighted by molar-refractivity contribution is 0.505. The van der Waals surface area contributed by atoms with Gasteiger partial charge >= 0.3 is 0 Å². The molecule has 0 heterocycles. The first-order valence-electron chi connectivity index (χ1n) is 2.70. The molecule has 0 aromatic heterocycles. The summed E-state index contributed by atoms with van der Waals surface area (Å²) in [6.07, 6.45) is 0. The molecule has 0 atom stereocenters. The Morgan fingerprint density at radius 3 is 1.12 bits per heavy atom. The first-order chi connectivity index (χ1) is 3.46. The summed E-state index contributed by atoms with van der Waals surface area (Å²) in [6, 6.07) is 0. The van der Waals surface area contributed by atoms with E-state index in [-0.39, 0.29) is 0 Å². The van der Waals surface area contributed by atoms with Crippen molar-refractivity contribution in [1.29, 1.82) is 0 Å². The molecule has 0 N–H and O–H groups in total. The second-order valence-electron chi connectivity index (χ2n) is 2.55. The minimum Gasteiger partial charge on any atom is -0.312 e. The predicted molar refractivity (Wildman–Crippen MR) is 40.1 cm³/mol. The van der Waals surface area contributed by atoms with Crippen molar-refractivity contribution >= 4 is 0 Å². The zero-order valence-electron chi connectivity index (χ0n) is 6.65. The van der Waals surface area contributed by atoms with Crippen molar-refractivity contribution in [3.8, 4) is 0 Å². The van der Waals surface area contributed by atoms with Crippen LogP contribution in [0.5, 0.6) is 0 Å². The van der Waals surface area contributed by atoms with Gasteiger partial charge in [-0.1, -0.05) is 5.57 Å². The average molecular weight is 115 g/mol. The molecule has 0 amide bonds. The Kier molecular flexibility index (Phi) is 8.91. The van der Waals surface area contributed by atoms with Gasteiger partial charge in [-0.3, -0.25) is 0 Å². The molecule has 0 aliphatic heterocycles. The first kappa shape index (κ1) is 10.6. The third kappa shape index (κ3) is 1400. The van der Waals surface area contributed by atoms with Crippen LogP contribution in [0.1, 0.15) is 13.8 Å². The highest BCUT2D eigenvalue weighted by molar-refractivity contribution is 4.78. The molecule has 0 saturated carbocycles. The van der Waals surface area contributed by atoms with Crippen molar-refractivity contribution in [2.24, 2.45) is 0 Å². The van der Waals surface area contributed by atoms with E-state index in [9.17, 15) is 0 Å². The maximum Gasteiger partial charge on any atom is -0.0140 e. The number of rotatable bonds is 0. The van der Waals surface area contributed by atoms with E-state index in [2.05, 4.69) is 6.58 Å². The van der Waals surface area contributed by atoms with Crippen molar-refractivity contribution in [2.75, 3.05) is 21.1 Å². The maximum atomic E-state index is 3.56. The topological polar surface area (TPSA) is 3.24 Å². The van der Waals surface area contributed by atoms with E-state index >= 15 is 0 Å². The molecule has 0 bridgehead atoms. The highest BCUT2D eigenvalue weighted by Gasteiger charge is 1.58. The Morgan fingerprint density at radius 1 is 1.12 bits per heavy atom. The molecule has 0 unspecified atom stereocenters. The lowest BCUT2D eigenvalue weighted by Crippen LogP contribution is -1.99. The first-order valence-corrected chi connectivity index (χ1v) is 2.70. The van der Waals surface area contributed by atoms with Crippen LogP contribution in [0.2, 0.25) is 0 Å². The van der Waals surface area contributed by atoms with Crippen molar-refractivity contribution in [3.63, 3.8) is 0 Å². The van der Waals surface area contributed by atoms with Crippen LogP contribution in [0.4, 0.5) is 0 Å². The number of nitrogens with zero attached hydrogens (tertiary/aromatic N) is 1. The summed E-state index contributed by atoms with van der Waals surface area (Å²) in [5.41, 5.74) is 1.17. The molecular formula is C7H17N. The third-order valence-electron chi connectivity index (χ3n) is 0. The molecule has 0 spiro atoms.